The highest BCUT2D eigenvalue weighted by atomic mass is 16.6. The molecule has 0 aliphatic rings. The minimum atomic E-state index is -0.869. The molecule has 1 aromatic rings. The van der Waals surface area contributed by atoms with E-state index in [-0.39, 0.29) is 5.78 Å². The summed E-state index contributed by atoms with van der Waals surface area (Å²) in [6.07, 6.45) is 3.38. The summed E-state index contributed by atoms with van der Waals surface area (Å²) in [5.74, 6) is -0.801. The lowest BCUT2D eigenvalue weighted by atomic mass is 10.1. The van der Waals surface area contributed by atoms with Crippen molar-refractivity contribution >= 4 is 5.78 Å². The summed E-state index contributed by atoms with van der Waals surface area (Å²) in [6, 6.07) is 6.28. The van der Waals surface area contributed by atoms with E-state index in [0.29, 0.717) is 11.3 Å². The Morgan fingerprint density at radius 3 is 2.76 bits per heavy atom. The Labute approximate surface area is 97.9 Å². The maximum atomic E-state index is 11.6. The van der Waals surface area contributed by atoms with Crippen molar-refractivity contribution in [2.45, 2.75) is 0 Å². The zero-order valence-corrected chi connectivity index (χ0v) is 8.91. The molecular formula is C12H12O5. The average Bonchev–Trinajstić information content (AvgIpc) is 2.29. The van der Waals surface area contributed by atoms with Gasteiger partial charge in [0, 0.05) is 11.6 Å². The Morgan fingerprint density at radius 2 is 2.12 bits per heavy atom. The SMILES string of the molecule is O=C(/C=C/C=C(O)O)c1cccc(OCO)c1. The molecule has 0 aliphatic carbocycles. The van der Waals surface area contributed by atoms with Crippen LogP contribution in [0.1, 0.15) is 10.4 Å². The first-order valence-corrected chi connectivity index (χ1v) is 4.78. The van der Waals surface area contributed by atoms with Gasteiger partial charge in [-0.05, 0) is 18.2 Å². The van der Waals surface area contributed by atoms with Gasteiger partial charge in [-0.1, -0.05) is 18.2 Å². The van der Waals surface area contributed by atoms with Crippen molar-refractivity contribution in [3.05, 3.63) is 54.0 Å². The fourth-order valence-corrected chi connectivity index (χ4v) is 1.13. The molecular weight excluding hydrogens is 224 g/mol. The van der Waals surface area contributed by atoms with Gasteiger partial charge in [-0.15, -0.1) is 0 Å². The van der Waals surface area contributed by atoms with Crippen molar-refractivity contribution in [2.75, 3.05) is 6.79 Å². The predicted molar refractivity (Wildman–Crippen MR) is 61.0 cm³/mol. The van der Waals surface area contributed by atoms with Gasteiger partial charge in [0.2, 0.25) is 0 Å². The Balaban J connectivity index is 2.78. The molecule has 0 bridgehead atoms. The van der Waals surface area contributed by atoms with Crippen LogP contribution in [0.25, 0.3) is 0 Å². The van der Waals surface area contributed by atoms with E-state index in [0.717, 1.165) is 6.08 Å². The number of carbonyl (C=O) groups excluding carboxylic acids is 1. The highest BCUT2D eigenvalue weighted by Gasteiger charge is 2.02. The van der Waals surface area contributed by atoms with Crippen molar-refractivity contribution in [3.8, 4) is 5.75 Å². The maximum Gasteiger partial charge on any atom is 0.274 e. The quantitative estimate of drug-likeness (QED) is 0.238. The van der Waals surface area contributed by atoms with E-state index in [1.165, 1.54) is 18.2 Å². The van der Waals surface area contributed by atoms with E-state index in [2.05, 4.69) is 0 Å². The number of hydrogen-bond acceptors (Lipinski definition) is 5. The number of aliphatic hydroxyl groups is 3. The number of ketones is 1. The molecule has 0 aromatic heterocycles. The van der Waals surface area contributed by atoms with Crippen LogP contribution >= 0.6 is 0 Å². The molecule has 0 heterocycles. The Bertz CT molecular complexity index is 444. The van der Waals surface area contributed by atoms with Gasteiger partial charge in [-0.2, -0.15) is 0 Å². The van der Waals surface area contributed by atoms with Crippen molar-refractivity contribution in [3.63, 3.8) is 0 Å². The average molecular weight is 236 g/mol. The normalized spacial score (nSPS) is 10.2. The second-order valence-corrected chi connectivity index (χ2v) is 3.05. The van der Waals surface area contributed by atoms with Gasteiger partial charge in [0.05, 0.1) is 0 Å². The molecule has 1 aromatic carbocycles. The van der Waals surface area contributed by atoms with Gasteiger partial charge in [-0.25, -0.2) is 0 Å². The number of carbonyl (C=O) groups is 1. The third kappa shape index (κ3) is 4.40. The number of rotatable bonds is 5. The Kier molecular flexibility index (Phi) is 4.77. The lowest BCUT2D eigenvalue weighted by Crippen LogP contribution is -1.98. The van der Waals surface area contributed by atoms with Gasteiger partial charge < -0.3 is 20.1 Å². The molecule has 0 spiro atoms. The number of aliphatic hydroxyl groups excluding tert-OH is 2. The molecule has 0 atom stereocenters. The largest absolute Gasteiger partial charge is 0.481 e. The van der Waals surface area contributed by atoms with Gasteiger partial charge in [-0.3, -0.25) is 4.79 Å². The van der Waals surface area contributed by atoms with Crippen LogP contribution in [0, 0.1) is 0 Å². The highest BCUT2D eigenvalue weighted by molar-refractivity contribution is 6.04. The van der Waals surface area contributed by atoms with Crippen LogP contribution < -0.4 is 4.74 Å². The first-order valence-electron chi connectivity index (χ1n) is 4.78. The summed E-state index contributed by atoms with van der Waals surface area (Å²) in [5, 5.41) is 25.5. The molecule has 3 N–H and O–H groups in total. The summed E-state index contributed by atoms with van der Waals surface area (Å²) < 4.78 is 4.83. The molecule has 0 unspecified atom stereocenters. The van der Waals surface area contributed by atoms with Crippen LogP contribution in [0.15, 0.2) is 48.4 Å². The van der Waals surface area contributed by atoms with E-state index in [1.807, 2.05) is 0 Å². The number of allylic oxidation sites excluding steroid dienone is 3. The minimum Gasteiger partial charge on any atom is -0.481 e. The lowest BCUT2D eigenvalue weighted by Gasteiger charge is -2.02. The Morgan fingerprint density at radius 1 is 1.35 bits per heavy atom. The van der Waals surface area contributed by atoms with E-state index < -0.39 is 12.7 Å². The van der Waals surface area contributed by atoms with Crippen molar-refractivity contribution in [2.24, 2.45) is 0 Å². The predicted octanol–water partition coefficient (Wildman–Crippen LogP) is 1.71. The van der Waals surface area contributed by atoms with E-state index in [1.54, 1.807) is 18.2 Å². The van der Waals surface area contributed by atoms with E-state index >= 15 is 0 Å². The summed E-state index contributed by atoms with van der Waals surface area (Å²) in [7, 11) is 0. The lowest BCUT2D eigenvalue weighted by molar-refractivity contribution is 0.0974. The van der Waals surface area contributed by atoms with Crippen LogP contribution in [0.4, 0.5) is 0 Å². The molecule has 90 valence electrons. The molecule has 0 saturated carbocycles. The number of ether oxygens (including phenoxy) is 1. The molecule has 0 fully saturated rings. The van der Waals surface area contributed by atoms with Crippen LogP contribution in [0.2, 0.25) is 0 Å². The zero-order valence-electron chi connectivity index (χ0n) is 8.91. The van der Waals surface area contributed by atoms with Crippen LogP contribution in [0.3, 0.4) is 0 Å². The zero-order chi connectivity index (χ0) is 12.7. The number of benzene rings is 1. The standard InChI is InChI=1S/C12H12O5/c13-8-17-10-4-1-3-9(7-10)11(14)5-2-6-12(15)16/h1-7,13,15-16H,8H2/b5-2+. The van der Waals surface area contributed by atoms with Crippen molar-refractivity contribution in [1.82, 2.24) is 0 Å². The van der Waals surface area contributed by atoms with Crippen LogP contribution in [-0.4, -0.2) is 27.9 Å². The minimum absolute atomic E-state index is 0.314. The summed E-state index contributed by atoms with van der Waals surface area (Å²) in [4.78, 5) is 11.6. The van der Waals surface area contributed by atoms with Gasteiger partial charge in [0.25, 0.3) is 5.95 Å². The topological polar surface area (TPSA) is 87.0 Å². The van der Waals surface area contributed by atoms with E-state index in [4.69, 9.17) is 20.1 Å². The smallest absolute Gasteiger partial charge is 0.274 e. The van der Waals surface area contributed by atoms with E-state index in [9.17, 15) is 4.79 Å². The molecule has 5 heteroatoms. The fraction of sp³-hybridized carbons (Fsp3) is 0.0833. The molecule has 0 radical (unpaired) electrons. The van der Waals surface area contributed by atoms with Crippen molar-refractivity contribution in [1.29, 1.82) is 0 Å². The molecule has 0 aliphatic heterocycles. The second kappa shape index (κ2) is 6.34. The summed E-state index contributed by atoms with van der Waals surface area (Å²) >= 11 is 0. The van der Waals surface area contributed by atoms with Gasteiger partial charge in [0.1, 0.15) is 5.75 Å². The van der Waals surface area contributed by atoms with Crippen LogP contribution in [0.5, 0.6) is 5.75 Å². The molecule has 1 rings (SSSR count). The molecule has 0 saturated heterocycles. The van der Waals surface area contributed by atoms with Crippen LogP contribution in [-0.2, 0) is 0 Å². The first-order chi connectivity index (χ1) is 8.13. The molecule has 5 nitrogen and oxygen atoms in total. The summed E-state index contributed by atoms with van der Waals surface area (Å²) in [6.45, 7) is -0.464. The fourth-order valence-electron chi connectivity index (χ4n) is 1.13. The van der Waals surface area contributed by atoms with Gasteiger partial charge >= 0.3 is 0 Å². The molecule has 17 heavy (non-hydrogen) atoms. The maximum absolute atomic E-state index is 11.6. The second-order valence-electron chi connectivity index (χ2n) is 3.05. The third-order valence-corrected chi connectivity index (χ3v) is 1.84. The van der Waals surface area contributed by atoms with Crippen molar-refractivity contribution < 1.29 is 24.9 Å². The Hall–Kier alpha value is -2.27. The molecule has 0 amide bonds. The summed E-state index contributed by atoms with van der Waals surface area (Å²) in [5.41, 5.74) is 0.373. The first kappa shape index (κ1) is 12.8. The highest BCUT2D eigenvalue weighted by Crippen LogP contribution is 2.13. The monoisotopic (exact) mass is 236 g/mol. The van der Waals surface area contributed by atoms with Gasteiger partial charge in [0.15, 0.2) is 12.6 Å². The third-order valence-electron chi connectivity index (χ3n) is 1.84. The number of hydrogen-bond donors (Lipinski definition) is 3.